The Kier molecular flexibility index (Phi) is 5.91. The van der Waals surface area contributed by atoms with Gasteiger partial charge in [0.05, 0.1) is 30.2 Å². The molecule has 8 nitrogen and oxygen atoms in total. The minimum absolute atomic E-state index is 0.322. The van der Waals surface area contributed by atoms with Crippen LogP contribution in [-0.4, -0.2) is 43.0 Å². The first-order valence-electron chi connectivity index (χ1n) is 12.1. The van der Waals surface area contributed by atoms with Gasteiger partial charge in [-0.3, -0.25) is 0 Å². The molecule has 0 fully saturated rings. The predicted molar refractivity (Wildman–Crippen MR) is 128 cm³/mol. The standard InChI is InChI=1S/C25H32N8/c1-5-22-26-12-17-7-9-32(14-20(17)28-22)24-11-19(16(3)4)30-25(31-24)33-10-8-18-13-27-23(6-2)29-21(18)15-33/h11-13,16H,5-10,14-15H2,1-4H3. The van der Waals surface area contributed by atoms with E-state index >= 15 is 0 Å². The van der Waals surface area contributed by atoms with E-state index in [1.807, 2.05) is 12.4 Å². The SMILES string of the molecule is CCc1ncc2c(n1)CN(c1cc(C(C)C)nc(N3CCc4cnc(CC)nc4C3)n1)CC2. The molecule has 172 valence electrons. The molecule has 3 aromatic heterocycles. The Labute approximate surface area is 195 Å². The van der Waals surface area contributed by atoms with Gasteiger partial charge in [0, 0.05) is 44.4 Å². The van der Waals surface area contributed by atoms with Crippen molar-refractivity contribution < 1.29 is 0 Å². The van der Waals surface area contributed by atoms with E-state index in [2.05, 4.69) is 53.5 Å². The van der Waals surface area contributed by atoms with Gasteiger partial charge in [0.2, 0.25) is 5.95 Å². The highest BCUT2D eigenvalue weighted by molar-refractivity contribution is 5.49. The van der Waals surface area contributed by atoms with Gasteiger partial charge in [-0.15, -0.1) is 0 Å². The van der Waals surface area contributed by atoms with Crippen LogP contribution < -0.4 is 9.80 Å². The minimum atomic E-state index is 0.322. The fourth-order valence-corrected chi connectivity index (χ4v) is 4.43. The molecule has 0 aromatic carbocycles. The molecule has 0 bridgehead atoms. The van der Waals surface area contributed by atoms with Crippen LogP contribution in [0.2, 0.25) is 0 Å². The molecule has 5 rings (SSSR count). The van der Waals surface area contributed by atoms with Crippen LogP contribution in [0.4, 0.5) is 11.8 Å². The third kappa shape index (κ3) is 4.38. The summed E-state index contributed by atoms with van der Waals surface area (Å²) >= 11 is 0. The highest BCUT2D eigenvalue weighted by Gasteiger charge is 2.25. The molecule has 33 heavy (non-hydrogen) atoms. The van der Waals surface area contributed by atoms with Gasteiger partial charge in [-0.25, -0.2) is 24.9 Å². The van der Waals surface area contributed by atoms with Crippen molar-refractivity contribution >= 4 is 11.8 Å². The van der Waals surface area contributed by atoms with E-state index in [1.54, 1.807) is 0 Å². The lowest BCUT2D eigenvalue weighted by atomic mass is 10.1. The first-order valence-corrected chi connectivity index (χ1v) is 12.1. The fourth-order valence-electron chi connectivity index (χ4n) is 4.43. The molecule has 0 unspecified atom stereocenters. The van der Waals surface area contributed by atoms with Gasteiger partial charge < -0.3 is 9.80 Å². The molecule has 0 saturated carbocycles. The van der Waals surface area contributed by atoms with E-state index in [0.717, 1.165) is 92.4 Å². The second-order valence-electron chi connectivity index (χ2n) is 9.17. The third-order valence-electron chi connectivity index (χ3n) is 6.54. The molecule has 0 spiro atoms. The van der Waals surface area contributed by atoms with E-state index in [0.29, 0.717) is 5.92 Å². The number of hydrogen-bond acceptors (Lipinski definition) is 8. The Bertz CT molecular complexity index is 1080. The number of aromatic nitrogens is 6. The summed E-state index contributed by atoms with van der Waals surface area (Å²) in [4.78, 5) is 33.1. The molecular formula is C25H32N8. The average Bonchev–Trinajstić information content (AvgIpc) is 2.86. The summed E-state index contributed by atoms with van der Waals surface area (Å²) in [5.41, 5.74) is 5.78. The average molecular weight is 445 g/mol. The lowest BCUT2D eigenvalue weighted by Gasteiger charge is -2.32. The second kappa shape index (κ2) is 9.00. The fraction of sp³-hybridized carbons (Fsp3) is 0.520. The first-order chi connectivity index (χ1) is 16.0. The molecule has 0 radical (unpaired) electrons. The molecule has 2 aliphatic heterocycles. The summed E-state index contributed by atoms with van der Waals surface area (Å²) < 4.78 is 0. The van der Waals surface area contributed by atoms with Gasteiger partial charge in [0.25, 0.3) is 0 Å². The zero-order valence-electron chi connectivity index (χ0n) is 20.0. The van der Waals surface area contributed by atoms with E-state index in [-0.39, 0.29) is 0 Å². The molecular weight excluding hydrogens is 412 g/mol. The number of nitrogens with zero attached hydrogens (tertiary/aromatic N) is 8. The molecule has 8 heteroatoms. The van der Waals surface area contributed by atoms with E-state index in [4.69, 9.17) is 19.9 Å². The number of fused-ring (bicyclic) bond motifs is 2. The van der Waals surface area contributed by atoms with Crippen LogP contribution in [-0.2, 0) is 38.8 Å². The normalized spacial score (nSPS) is 15.5. The summed E-state index contributed by atoms with van der Waals surface area (Å²) in [7, 11) is 0. The number of rotatable bonds is 5. The highest BCUT2D eigenvalue weighted by atomic mass is 15.3. The predicted octanol–water partition coefficient (Wildman–Crippen LogP) is 3.43. The summed E-state index contributed by atoms with van der Waals surface area (Å²) in [6, 6.07) is 2.15. The van der Waals surface area contributed by atoms with Crippen molar-refractivity contribution in [1.82, 2.24) is 29.9 Å². The summed E-state index contributed by atoms with van der Waals surface area (Å²) in [5, 5.41) is 0. The van der Waals surface area contributed by atoms with Crippen LogP contribution in [0.5, 0.6) is 0 Å². The van der Waals surface area contributed by atoms with Gasteiger partial charge in [0.15, 0.2) is 0 Å². The van der Waals surface area contributed by atoms with Crippen molar-refractivity contribution in [3.05, 3.63) is 58.3 Å². The maximum absolute atomic E-state index is 5.05. The lowest BCUT2D eigenvalue weighted by Crippen LogP contribution is -2.35. The molecule has 5 heterocycles. The molecule has 0 N–H and O–H groups in total. The van der Waals surface area contributed by atoms with Gasteiger partial charge in [-0.2, -0.15) is 4.98 Å². The van der Waals surface area contributed by atoms with Crippen LogP contribution in [0.1, 0.15) is 73.5 Å². The van der Waals surface area contributed by atoms with Crippen LogP contribution in [0.3, 0.4) is 0 Å². The Morgan fingerprint density at radius 1 is 0.788 bits per heavy atom. The molecule has 0 saturated heterocycles. The Hall–Kier alpha value is -3.16. The lowest BCUT2D eigenvalue weighted by molar-refractivity contribution is 0.656. The zero-order valence-corrected chi connectivity index (χ0v) is 20.0. The summed E-state index contributed by atoms with van der Waals surface area (Å²) in [6.07, 6.45) is 7.54. The third-order valence-corrected chi connectivity index (χ3v) is 6.54. The highest BCUT2D eigenvalue weighted by Crippen LogP contribution is 2.28. The molecule has 0 aliphatic carbocycles. The van der Waals surface area contributed by atoms with Crippen LogP contribution in [0, 0.1) is 0 Å². The van der Waals surface area contributed by atoms with Crippen molar-refractivity contribution in [2.75, 3.05) is 22.9 Å². The van der Waals surface area contributed by atoms with E-state index in [9.17, 15) is 0 Å². The second-order valence-corrected chi connectivity index (χ2v) is 9.17. The largest absolute Gasteiger partial charge is 0.350 e. The molecule has 0 amide bonds. The molecule has 0 atom stereocenters. The Morgan fingerprint density at radius 3 is 1.94 bits per heavy atom. The van der Waals surface area contributed by atoms with Crippen molar-refractivity contribution in [2.45, 2.75) is 72.4 Å². The maximum Gasteiger partial charge on any atom is 0.227 e. The van der Waals surface area contributed by atoms with E-state index in [1.165, 1.54) is 11.1 Å². The van der Waals surface area contributed by atoms with Gasteiger partial charge >= 0.3 is 0 Å². The number of hydrogen-bond donors (Lipinski definition) is 0. The smallest absolute Gasteiger partial charge is 0.227 e. The Morgan fingerprint density at radius 2 is 1.36 bits per heavy atom. The van der Waals surface area contributed by atoms with Gasteiger partial charge in [-0.05, 0) is 29.9 Å². The molecule has 3 aromatic rings. The monoisotopic (exact) mass is 444 g/mol. The van der Waals surface area contributed by atoms with Crippen molar-refractivity contribution in [3.63, 3.8) is 0 Å². The van der Waals surface area contributed by atoms with Crippen molar-refractivity contribution in [2.24, 2.45) is 0 Å². The first kappa shape index (κ1) is 21.7. The van der Waals surface area contributed by atoms with Gasteiger partial charge in [-0.1, -0.05) is 27.7 Å². The van der Waals surface area contributed by atoms with Crippen molar-refractivity contribution in [3.8, 4) is 0 Å². The minimum Gasteiger partial charge on any atom is -0.350 e. The maximum atomic E-state index is 5.05. The number of anilines is 2. The topological polar surface area (TPSA) is 83.8 Å². The summed E-state index contributed by atoms with van der Waals surface area (Å²) in [5.74, 6) is 3.90. The molecule has 2 aliphatic rings. The van der Waals surface area contributed by atoms with Crippen LogP contribution in [0.15, 0.2) is 18.5 Å². The Balaban J connectivity index is 1.46. The summed E-state index contributed by atoms with van der Waals surface area (Å²) in [6.45, 7) is 11.8. The van der Waals surface area contributed by atoms with Gasteiger partial charge in [0.1, 0.15) is 17.5 Å². The quantitative estimate of drug-likeness (QED) is 0.592. The van der Waals surface area contributed by atoms with Crippen LogP contribution >= 0.6 is 0 Å². The van der Waals surface area contributed by atoms with E-state index < -0.39 is 0 Å². The zero-order chi connectivity index (χ0) is 22.9. The number of aryl methyl sites for hydroxylation is 2. The van der Waals surface area contributed by atoms with Crippen LogP contribution in [0.25, 0.3) is 0 Å². The van der Waals surface area contributed by atoms with Crippen molar-refractivity contribution in [1.29, 1.82) is 0 Å².